The molecule has 0 radical (unpaired) electrons. The van der Waals surface area contributed by atoms with Crippen molar-refractivity contribution in [3.05, 3.63) is 54.1 Å². The van der Waals surface area contributed by atoms with Crippen molar-refractivity contribution >= 4 is 16.9 Å². The molecule has 0 fully saturated rings. The third-order valence-electron chi connectivity index (χ3n) is 3.74. The SMILES string of the molecule is CC(C)n1ncc2cc(C(=O)N[C@H](C)c3ccncc3)cnc21. The second-order valence-electron chi connectivity index (χ2n) is 5.80. The van der Waals surface area contributed by atoms with Gasteiger partial charge in [-0.3, -0.25) is 9.78 Å². The minimum absolute atomic E-state index is 0.0976. The first-order valence-corrected chi connectivity index (χ1v) is 7.60. The van der Waals surface area contributed by atoms with Crippen molar-refractivity contribution in [2.45, 2.75) is 32.9 Å². The van der Waals surface area contributed by atoms with Gasteiger partial charge in [0.25, 0.3) is 5.91 Å². The lowest BCUT2D eigenvalue weighted by Crippen LogP contribution is -2.26. The fourth-order valence-electron chi connectivity index (χ4n) is 2.46. The number of carbonyl (C=O) groups excluding carboxylic acids is 1. The van der Waals surface area contributed by atoms with Gasteiger partial charge in [-0.1, -0.05) is 0 Å². The van der Waals surface area contributed by atoms with E-state index in [-0.39, 0.29) is 18.0 Å². The average Bonchev–Trinajstić information content (AvgIpc) is 2.98. The first kappa shape index (κ1) is 15.1. The van der Waals surface area contributed by atoms with E-state index >= 15 is 0 Å². The maximum absolute atomic E-state index is 12.4. The number of fused-ring (bicyclic) bond motifs is 1. The normalized spacial score (nSPS) is 12.5. The van der Waals surface area contributed by atoms with Gasteiger partial charge in [-0.15, -0.1) is 0 Å². The zero-order valence-corrected chi connectivity index (χ0v) is 13.4. The molecular formula is C17H19N5O. The maximum Gasteiger partial charge on any atom is 0.253 e. The number of rotatable bonds is 4. The van der Waals surface area contributed by atoms with Crippen LogP contribution in [0.1, 0.15) is 48.8 Å². The van der Waals surface area contributed by atoms with E-state index in [0.717, 1.165) is 16.6 Å². The highest BCUT2D eigenvalue weighted by atomic mass is 16.1. The van der Waals surface area contributed by atoms with Crippen LogP contribution in [0.3, 0.4) is 0 Å². The second-order valence-corrected chi connectivity index (χ2v) is 5.80. The smallest absolute Gasteiger partial charge is 0.253 e. The lowest BCUT2D eigenvalue weighted by atomic mass is 10.1. The molecule has 0 aliphatic carbocycles. The Kier molecular flexibility index (Phi) is 4.06. The van der Waals surface area contributed by atoms with Gasteiger partial charge in [0, 0.05) is 30.0 Å². The molecule has 6 heteroatoms. The van der Waals surface area contributed by atoms with E-state index in [1.807, 2.05) is 43.7 Å². The van der Waals surface area contributed by atoms with E-state index in [1.165, 1.54) is 0 Å². The zero-order valence-electron chi connectivity index (χ0n) is 13.4. The van der Waals surface area contributed by atoms with Gasteiger partial charge < -0.3 is 5.32 Å². The molecular weight excluding hydrogens is 290 g/mol. The molecule has 1 atom stereocenters. The number of nitrogens with zero attached hydrogens (tertiary/aromatic N) is 4. The average molecular weight is 309 g/mol. The van der Waals surface area contributed by atoms with Crippen LogP contribution in [0.2, 0.25) is 0 Å². The molecule has 0 aliphatic heterocycles. The summed E-state index contributed by atoms with van der Waals surface area (Å²) in [6, 6.07) is 5.73. The quantitative estimate of drug-likeness (QED) is 0.804. The van der Waals surface area contributed by atoms with Crippen molar-refractivity contribution in [3.63, 3.8) is 0 Å². The van der Waals surface area contributed by atoms with E-state index in [0.29, 0.717) is 5.56 Å². The van der Waals surface area contributed by atoms with Gasteiger partial charge in [-0.05, 0) is 44.5 Å². The molecule has 3 heterocycles. The first-order valence-electron chi connectivity index (χ1n) is 7.60. The summed E-state index contributed by atoms with van der Waals surface area (Å²) in [5, 5.41) is 8.16. The Morgan fingerprint density at radius 3 is 2.61 bits per heavy atom. The number of nitrogens with one attached hydrogen (secondary N) is 1. The van der Waals surface area contributed by atoms with Crippen molar-refractivity contribution in [2.75, 3.05) is 0 Å². The number of carbonyl (C=O) groups is 1. The van der Waals surface area contributed by atoms with E-state index in [1.54, 1.807) is 24.8 Å². The molecule has 1 N–H and O–H groups in total. The number of pyridine rings is 2. The van der Waals surface area contributed by atoms with E-state index in [9.17, 15) is 4.79 Å². The number of hydrogen-bond donors (Lipinski definition) is 1. The maximum atomic E-state index is 12.4. The topological polar surface area (TPSA) is 72.7 Å². The van der Waals surface area contributed by atoms with Crippen LogP contribution in [0.4, 0.5) is 0 Å². The van der Waals surface area contributed by atoms with Crippen LogP contribution in [0.15, 0.2) is 43.0 Å². The highest BCUT2D eigenvalue weighted by molar-refractivity contribution is 5.97. The lowest BCUT2D eigenvalue weighted by molar-refractivity contribution is 0.0939. The van der Waals surface area contributed by atoms with Crippen LogP contribution < -0.4 is 5.32 Å². The molecule has 0 bridgehead atoms. The Labute approximate surface area is 134 Å². The molecule has 0 unspecified atom stereocenters. The third kappa shape index (κ3) is 3.06. The number of amides is 1. The van der Waals surface area contributed by atoms with Crippen LogP contribution in [-0.4, -0.2) is 25.7 Å². The van der Waals surface area contributed by atoms with Gasteiger partial charge >= 0.3 is 0 Å². The second kappa shape index (κ2) is 6.16. The predicted molar refractivity (Wildman–Crippen MR) is 88.0 cm³/mol. The molecule has 23 heavy (non-hydrogen) atoms. The van der Waals surface area contributed by atoms with Crippen molar-refractivity contribution < 1.29 is 4.79 Å². The molecule has 0 aliphatic rings. The summed E-state index contributed by atoms with van der Waals surface area (Å²) in [6.45, 7) is 6.03. The summed E-state index contributed by atoms with van der Waals surface area (Å²) in [4.78, 5) is 20.8. The highest BCUT2D eigenvalue weighted by Crippen LogP contribution is 2.17. The van der Waals surface area contributed by atoms with Crippen LogP contribution in [-0.2, 0) is 0 Å². The predicted octanol–water partition coefficient (Wildman–Crippen LogP) is 2.90. The molecule has 0 saturated heterocycles. The summed E-state index contributed by atoms with van der Waals surface area (Å²) in [5.74, 6) is -0.152. The Morgan fingerprint density at radius 2 is 1.91 bits per heavy atom. The lowest BCUT2D eigenvalue weighted by Gasteiger charge is -2.14. The first-order chi connectivity index (χ1) is 11.1. The summed E-state index contributed by atoms with van der Waals surface area (Å²) >= 11 is 0. The minimum Gasteiger partial charge on any atom is -0.345 e. The van der Waals surface area contributed by atoms with Gasteiger partial charge in [-0.25, -0.2) is 9.67 Å². The van der Waals surface area contributed by atoms with E-state index in [2.05, 4.69) is 20.4 Å². The van der Waals surface area contributed by atoms with Crippen LogP contribution >= 0.6 is 0 Å². The summed E-state index contributed by atoms with van der Waals surface area (Å²) in [5.41, 5.74) is 2.33. The van der Waals surface area contributed by atoms with Gasteiger partial charge in [0.05, 0.1) is 17.8 Å². The number of aromatic nitrogens is 4. The van der Waals surface area contributed by atoms with Gasteiger partial charge in [0.15, 0.2) is 5.65 Å². The summed E-state index contributed by atoms with van der Waals surface area (Å²) in [6.07, 6.45) is 6.76. The number of hydrogen-bond acceptors (Lipinski definition) is 4. The third-order valence-corrected chi connectivity index (χ3v) is 3.74. The van der Waals surface area contributed by atoms with Crippen LogP contribution in [0.5, 0.6) is 0 Å². The Bertz CT molecular complexity index is 825. The molecule has 1 amide bonds. The van der Waals surface area contributed by atoms with E-state index in [4.69, 9.17) is 0 Å². The van der Waals surface area contributed by atoms with Gasteiger partial charge in [0.1, 0.15) is 0 Å². The Morgan fingerprint density at radius 1 is 1.17 bits per heavy atom. The molecule has 6 nitrogen and oxygen atoms in total. The Hall–Kier alpha value is -2.76. The molecule has 118 valence electrons. The van der Waals surface area contributed by atoms with Crippen LogP contribution in [0.25, 0.3) is 11.0 Å². The molecule has 0 saturated carbocycles. The molecule has 3 aromatic rings. The van der Waals surface area contributed by atoms with Crippen molar-refractivity contribution in [3.8, 4) is 0 Å². The minimum atomic E-state index is -0.152. The van der Waals surface area contributed by atoms with Crippen LogP contribution in [0, 0.1) is 0 Å². The standard InChI is InChI=1S/C17H19N5O/c1-11(2)22-16-14(10-20-22)8-15(9-19-16)17(23)21-12(3)13-4-6-18-7-5-13/h4-12H,1-3H3,(H,21,23)/t12-/m1/s1. The highest BCUT2D eigenvalue weighted by Gasteiger charge is 2.14. The fraction of sp³-hybridized carbons (Fsp3) is 0.294. The Balaban J connectivity index is 1.81. The summed E-state index contributed by atoms with van der Waals surface area (Å²) < 4.78 is 1.84. The van der Waals surface area contributed by atoms with E-state index < -0.39 is 0 Å². The largest absolute Gasteiger partial charge is 0.345 e. The van der Waals surface area contributed by atoms with Crippen molar-refractivity contribution in [1.82, 2.24) is 25.1 Å². The molecule has 3 rings (SSSR count). The summed E-state index contributed by atoms with van der Waals surface area (Å²) in [7, 11) is 0. The molecule has 0 spiro atoms. The van der Waals surface area contributed by atoms with Crippen molar-refractivity contribution in [2.24, 2.45) is 0 Å². The monoisotopic (exact) mass is 309 g/mol. The molecule has 0 aromatic carbocycles. The molecule has 3 aromatic heterocycles. The fourth-order valence-corrected chi connectivity index (χ4v) is 2.46. The van der Waals surface area contributed by atoms with Crippen molar-refractivity contribution in [1.29, 1.82) is 0 Å². The zero-order chi connectivity index (χ0) is 16.4. The van der Waals surface area contributed by atoms with Gasteiger partial charge in [-0.2, -0.15) is 5.10 Å². The van der Waals surface area contributed by atoms with Gasteiger partial charge in [0.2, 0.25) is 0 Å².